The van der Waals surface area contributed by atoms with E-state index in [1.165, 1.54) is 5.56 Å². The van der Waals surface area contributed by atoms with Gasteiger partial charge < -0.3 is 5.32 Å². The van der Waals surface area contributed by atoms with Gasteiger partial charge in [0.1, 0.15) is 0 Å². The summed E-state index contributed by atoms with van der Waals surface area (Å²) in [6, 6.07) is 8.99. The second-order valence-corrected chi connectivity index (χ2v) is 5.16. The Hall–Kier alpha value is -1.19. The summed E-state index contributed by atoms with van der Waals surface area (Å²) in [5.74, 6) is 0. The standard InChI is InChI=1S/C14H18N2S/c1-11(9-13-6-8-17-10-13)16-12(2)14-5-3-4-7-15-14/h3-8,10-12,16H,9H2,1-2H3. The lowest BCUT2D eigenvalue weighted by molar-refractivity contribution is 0.470. The summed E-state index contributed by atoms with van der Waals surface area (Å²) in [6.45, 7) is 4.38. The molecule has 2 atom stereocenters. The van der Waals surface area contributed by atoms with Crippen LogP contribution in [0.15, 0.2) is 41.2 Å². The van der Waals surface area contributed by atoms with E-state index in [2.05, 4.69) is 47.0 Å². The third-order valence-electron chi connectivity index (χ3n) is 2.79. The summed E-state index contributed by atoms with van der Waals surface area (Å²) >= 11 is 1.76. The van der Waals surface area contributed by atoms with Crippen LogP contribution in [0.2, 0.25) is 0 Å². The Bertz CT molecular complexity index is 425. The summed E-state index contributed by atoms with van der Waals surface area (Å²) in [4.78, 5) is 4.37. The molecule has 0 aliphatic carbocycles. The van der Waals surface area contributed by atoms with Gasteiger partial charge in [0, 0.05) is 18.3 Å². The van der Waals surface area contributed by atoms with Gasteiger partial charge in [-0.1, -0.05) is 6.07 Å². The fourth-order valence-corrected chi connectivity index (χ4v) is 2.65. The zero-order chi connectivity index (χ0) is 12.1. The Balaban J connectivity index is 1.88. The first-order valence-electron chi connectivity index (χ1n) is 5.94. The number of hydrogen-bond donors (Lipinski definition) is 1. The molecule has 2 unspecified atom stereocenters. The molecule has 0 saturated carbocycles. The van der Waals surface area contributed by atoms with E-state index in [9.17, 15) is 0 Å². The molecule has 0 aliphatic rings. The fraction of sp³-hybridized carbons (Fsp3) is 0.357. The van der Waals surface area contributed by atoms with Crippen LogP contribution in [0, 0.1) is 0 Å². The van der Waals surface area contributed by atoms with Crippen molar-refractivity contribution in [3.63, 3.8) is 0 Å². The highest BCUT2D eigenvalue weighted by atomic mass is 32.1. The van der Waals surface area contributed by atoms with Gasteiger partial charge in [-0.05, 0) is 54.8 Å². The Morgan fingerprint density at radius 2 is 2.18 bits per heavy atom. The average molecular weight is 246 g/mol. The van der Waals surface area contributed by atoms with Crippen LogP contribution in [-0.2, 0) is 6.42 Å². The lowest BCUT2D eigenvalue weighted by Crippen LogP contribution is -2.31. The minimum Gasteiger partial charge on any atom is -0.306 e. The maximum atomic E-state index is 4.37. The first-order chi connectivity index (χ1) is 8.25. The van der Waals surface area contributed by atoms with Crippen molar-refractivity contribution >= 4 is 11.3 Å². The molecule has 0 amide bonds. The van der Waals surface area contributed by atoms with Gasteiger partial charge in [0.2, 0.25) is 0 Å². The number of aromatic nitrogens is 1. The van der Waals surface area contributed by atoms with Gasteiger partial charge >= 0.3 is 0 Å². The first-order valence-corrected chi connectivity index (χ1v) is 6.88. The van der Waals surface area contributed by atoms with Crippen molar-refractivity contribution in [3.05, 3.63) is 52.5 Å². The van der Waals surface area contributed by atoms with Crippen molar-refractivity contribution in [1.82, 2.24) is 10.3 Å². The highest BCUT2D eigenvalue weighted by Gasteiger charge is 2.10. The number of nitrogens with one attached hydrogen (secondary N) is 1. The van der Waals surface area contributed by atoms with E-state index in [0.717, 1.165) is 12.1 Å². The quantitative estimate of drug-likeness (QED) is 0.874. The predicted molar refractivity (Wildman–Crippen MR) is 73.3 cm³/mol. The molecule has 0 bridgehead atoms. The maximum Gasteiger partial charge on any atom is 0.0570 e. The van der Waals surface area contributed by atoms with Gasteiger partial charge in [-0.15, -0.1) is 0 Å². The zero-order valence-electron chi connectivity index (χ0n) is 10.3. The normalized spacial score (nSPS) is 14.5. The molecule has 0 saturated heterocycles. The third kappa shape index (κ3) is 3.65. The Kier molecular flexibility index (Phi) is 4.29. The van der Waals surface area contributed by atoms with Crippen molar-refractivity contribution in [3.8, 4) is 0 Å². The summed E-state index contributed by atoms with van der Waals surface area (Å²) in [6.07, 6.45) is 2.91. The number of rotatable bonds is 5. The molecule has 17 heavy (non-hydrogen) atoms. The predicted octanol–water partition coefficient (Wildman–Crippen LogP) is 3.42. The molecule has 3 heteroatoms. The summed E-state index contributed by atoms with van der Waals surface area (Å²) in [5.41, 5.74) is 2.51. The number of nitrogens with zero attached hydrogens (tertiary/aromatic N) is 1. The SMILES string of the molecule is CC(Cc1ccsc1)NC(C)c1ccccn1. The second kappa shape index (κ2) is 5.94. The molecule has 2 nitrogen and oxygen atoms in total. The van der Waals surface area contributed by atoms with Crippen LogP contribution in [0.3, 0.4) is 0 Å². The van der Waals surface area contributed by atoms with Crippen molar-refractivity contribution in [2.45, 2.75) is 32.4 Å². The Labute approximate surface area is 107 Å². The van der Waals surface area contributed by atoms with E-state index >= 15 is 0 Å². The molecule has 2 aromatic rings. The smallest absolute Gasteiger partial charge is 0.0570 e. The Morgan fingerprint density at radius 3 is 2.82 bits per heavy atom. The van der Waals surface area contributed by atoms with E-state index in [-0.39, 0.29) is 0 Å². The molecule has 2 heterocycles. The van der Waals surface area contributed by atoms with E-state index in [4.69, 9.17) is 0 Å². The van der Waals surface area contributed by atoms with Crippen molar-refractivity contribution in [2.75, 3.05) is 0 Å². The molecule has 2 rings (SSSR count). The zero-order valence-corrected chi connectivity index (χ0v) is 11.1. The lowest BCUT2D eigenvalue weighted by Gasteiger charge is -2.19. The van der Waals surface area contributed by atoms with Gasteiger partial charge in [-0.25, -0.2) is 0 Å². The molecule has 0 radical (unpaired) electrons. The highest BCUT2D eigenvalue weighted by molar-refractivity contribution is 7.07. The monoisotopic (exact) mass is 246 g/mol. The molecular weight excluding hydrogens is 228 g/mol. The van der Waals surface area contributed by atoms with Gasteiger partial charge in [0.05, 0.1) is 5.69 Å². The van der Waals surface area contributed by atoms with Crippen LogP contribution in [-0.4, -0.2) is 11.0 Å². The van der Waals surface area contributed by atoms with Crippen molar-refractivity contribution in [1.29, 1.82) is 0 Å². The molecular formula is C14H18N2S. The molecule has 0 fully saturated rings. The van der Waals surface area contributed by atoms with Gasteiger partial charge in [0.25, 0.3) is 0 Å². The van der Waals surface area contributed by atoms with E-state index in [1.54, 1.807) is 11.3 Å². The Morgan fingerprint density at radius 1 is 1.29 bits per heavy atom. The minimum atomic E-state index is 0.296. The maximum absolute atomic E-state index is 4.37. The molecule has 1 N–H and O–H groups in total. The number of pyridine rings is 1. The lowest BCUT2D eigenvalue weighted by atomic mass is 10.1. The van der Waals surface area contributed by atoms with Crippen LogP contribution in [0.25, 0.3) is 0 Å². The fourth-order valence-electron chi connectivity index (χ4n) is 1.97. The highest BCUT2D eigenvalue weighted by Crippen LogP contribution is 2.12. The average Bonchev–Trinajstić information content (AvgIpc) is 2.82. The molecule has 0 spiro atoms. The largest absolute Gasteiger partial charge is 0.306 e. The number of thiophene rings is 1. The first kappa shape index (κ1) is 12.3. The van der Waals surface area contributed by atoms with Gasteiger partial charge in [-0.2, -0.15) is 11.3 Å². The third-order valence-corrected chi connectivity index (χ3v) is 3.52. The molecule has 2 aromatic heterocycles. The van der Waals surface area contributed by atoms with E-state index in [0.29, 0.717) is 12.1 Å². The summed E-state index contributed by atoms with van der Waals surface area (Å²) in [5, 5.41) is 7.92. The van der Waals surface area contributed by atoms with Crippen molar-refractivity contribution < 1.29 is 0 Å². The molecule has 0 aliphatic heterocycles. The molecule has 90 valence electrons. The second-order valence-electron chi connectivity index (χ2n) is 4.38. The summed E-state index contributed by atoms with van der Waals surface area (Å²) in [7, 11) is 0. The topological polar surface area (TPSA) is 24.9 Å². The van der Waals surface area contributed by atoms with Crippen LogP contribution in [0.1, 0.15) is 31.1 Å². The number of hydrogen-bond acceptors (Lipinski definition) is 3. The van der Waals surface area contributed by atoms with Crippen LogP contribution in [0.4, 0.5) is 0 Å². The van der Waals surface area contributed by atoms with Gasteiger partial charge in [-0.3, -0.25) is 4.98 Å². The van der Waals surface area contributed by atoms with E-state index in [1.807, 2.05) is 18.3 Å². The van der Waals surface area contributed by atoms with Crippen LogP contribution >= 0.6 is 11.3 Å². The minimum absolute atomic E-state index is 0.296. The van der Waals surface area contributed by atoms with Crippen molar-refractivity contribution in [2.24, 2.45) is 0 Å². The van der Waals surface area contributed by atoms with Crippen LogP contribution in [0.5, 0.6) is 0 Å². The van der Waals surface area contributed by atoms with Gasteiger partial charge in [0.15, 0.2) is 0 Å². The molecule has 0 aromatic carbocycles. The van der Waals surface area contributed by atoms with E-state index < -0.39 is 0 Å². The van der Waals surface area contributed by atoms with Crippen LogP contribution < -0.4 is 5.32 Å². The summed E-state index contributed by atoms with van der Waals surface area (Å²) < 4.78 is 0.